The Morgan fingerprint density at radius 2 is 0.762 bits per heavy atom. The molecule has 12 heteroatoms. The first-order valence-electron chi connectivity index (χ1n) is 5.02. The summed E-state index contributed by atoms with van der Waals surface area (Å²) in [5, 5.41) is 34.4. The van der Waals surface area contributed by atoms with Gasteiger partial charge in [-0.2, -0.15) is 0 Å². The predicted octanol–water partition coefficient (Wildman–Crippen LogP) is -1.79. The minimum absolute atomic E-state index is 0. The van der Waals surface area contributed by atoms with Gasteiger partial charge in [0.1, 0.15) is 0 Å². The molecular formula is C9H20N4O8. The van der Waals surface area contributed by atoms with E-state index in [0.29, 0.717) is 0 Å². The number of nitrogens with zero attached hydrogens (tertiary/aromatic N) is 2. The predicted molar refractivity (Wildman–Crippen MR) is 68.6 cm³/mol. The summed E-state index contributed by atoms with van der Waals surface area (Å²) in [6, 6.07) is 0. The van der Waals surface area contributed by atoms with Crippen molar-refractivity contribution < 1.29 is 39.6 Å². The van der Waals surface area contributed by atoms with E-state index in [4.69, 9.17) is 20.4 Å². The molecule has 10 N–H and O–H groups in total. The maximum Gasteiger partial charge on any atom is 0.317 e. The van der Waals surface area contributed by atoms with E-state index in [9.17, 15) is 19.2 Å². The van der Waals surface area contributed by atoms with Crippen LogP contribution in [0.15, 0.2) is 0 Å². The summed E-state index contributed by atoms with van der Waals surface area (Å²) < 4.78 is 0. The first-order valence-corrected chi connectivity index (χ1v) is 5.02. The fourth-order valence-electron chi connectivity index (χ4n) is 1.36. The van der Waals surface area contributed by atoms with Crippen LogP contribution in [0.3, 0.4) is 0 Å². The Morgan fingerprint density at radius 3 is 0.905 bits per heavy atom. The van der Waals surface area contributed by atoms with E-state index in [2.05, 4.69) is 0 Å². The summed E-state index contributed by atoms with van der Waals surface area (Å²) in [5.74, 6) is -5.20. The van der Waals surface area contributed by atoms with Crippen molar-refractivity contribution in [2.45, 2.75) is 0 Å². The van der Waals surface area contributed by atoms with Gasteiger partial charge in [0.15, 0.2) is 0 Å². The van der Waals surface area contributed by atoms with Crippen molar-refractivity contribution in [3.8, 4) is 0 Å². The smallest absolute Gasteiger partial charge is 0.317 e. The van der Waals surface area contributed by atoms with E-state index >= 15 is 0 Å². The van der Waals surface area contributed by atoms with Gasteiger partial charge in [-0.3, -0.25) is 29.0 Å². The van der Waals surface area contributed by atoms with E-state index in [1.54, 1.807) is 0 Å². The largest absolute Gasteiger partial charge is 0.480 e. The molecule has 0 saturated carbocycles. The molecule has 0 aliphatic carbocycles. The Balaban J connectivity index is -0.00000162. The summed E-state index contributed by atoms with van der Waals surface area (Å²) in [4.78, 5) is 44.0. The molecule has 0 aliphatic rings. The molecule has 0 saturated heterocycles. The first kappa shape index (κ1) is 23.8. The highest BCUT2D eigenvalue weighted by Crippen LogP contribution is 1.96. The molecule has 124 valence electrons. The fraction of sp³-hybridized carbons (Fsp3) is 0.556. The Bertz CT molecular complexity index is 309. The van der Waals surface area contributed by atoms with Crippen LogP contribution < -0.4 is 12.3 Å². The molecule has 0 spiro atoms. The Kier molecular flexibility index (Phi) is 13.1. The van der Waals surface area contributed by atoms with Crippen LogP contribution in [-0.2, 0) is 19.2 Å². The number of hydrogen-bond acceptors (Lipinski definition) is 8. The Labute approximate surface area is 119 Å². The number of carboxylic acids is 4. The molecule has 0 fully saturated rings. The van der Waals surface area contributed by atoms with Crippen LogP contribution >= 0.6 is 0 Å². The molecule has 21 heavy (non-hydrogen) atoms. The fourth-order valence-corrected chi connectivity index (χ4v) is 1.36. The van der Waals surface area contributed by atoms with Gasteiger partial charge in [-0.1, -0.05) is 0 Å². The van der Waals surface area contributed by atoms with Gasteiger partial charge in [0.05, 0.1) is 32.8 Å². The first-order chi connectivity index (χ1) is 8.70. The van der Waals surface area contributed by atoms with Crippen LogP contribution in [0.1, 0.15) is 0 Å². The van der Waals surface area contributed by atoms with Gasteiger partial charge in [-0.15, -0.1) is 0 Å². The SMILES string of the molecule is N.N.O=C(O)CN(CC(=O)O)CN(CC(=O)O)CC(=O)O. The Morgan fingerprint density at radius 1 is 0.571 bits per heavy atom. The zero-order chi connectivity index (χ0) is 15.0. The number of carboxylic acid groups (broad SMARTS) is 4. The van der Waals surface area contributed by atoms with Crippen molar-refractivity contribution >= 4 is 23.9 Å². The average Bonchev–Trinajstić information content (AvgIpc) is 2.11. The maximum atomic E-state index is 10.5. The zero-order valence-electron chi connectivity index (χ0n) is 11.3. The van der Waals surface area contributed by atoms with E-state index in [1.165, 1.54) is 0 Å². The van der Waals surface area contributed by atoms with Crippen molar-refractivity contribution in [3.63, 3.8) is 0 Å². The second-order valence-electron chi connectivity index (χ2n) is 3.69. The van der Waals surface area contributed by atoms with Crippen LogP contribution in [0.4, 0.5) is 0 Å². The van der Waals surface area contributed by atoms with Crippen molar-refractivity contribution in [2.75, 3.05) is 32.8 Å². The lowest BCUT2D eigenvalue weighted by Gasteiger charge is -2.25. The molecule has 0 rings (SSSR count). The highest BCUT2D eigenvalue weighted by Gasteiger charge is 2.20. The molecule has 0 aromatic carbocycles. The van der Waals surface area contributed by atoms with Crippen LogP contribution in [0.25, 0.3) is 0 Å². The molecular weight excluding hydrogens is 292 g/mol. The van der Waals surface area contributed by atoms with Crippen LogP contribution in [-0.4, -0.2) is 87.0 Å². The van der Waals surface area contributed by atoms with Gasteiger partial charge in [-0.05, 0) is 0 Å². The zero-order valence-corrected chi connectivity index (χ0v) is 11.3. The minimum atomic E-state index is -1.30. The highest BCUT2D eigenvalue weighted by atomic mass is 16.4. The second kappa shape index (κ2) is 11.5. The maximum absolute atomic E-state index is 10.5. The quantitative estimate of drug-likeness (QED) is 0.246. The third kappa shape index (κ3) is 13.9. The van der Waals surface area contributed by atoms with E-state index < -0.39 is 56.7 Å². The molecule has 0 aromatic heterocycles. The monoisotopic (exact) mass is 312 g/mol. The van der Waals surface area contributed by atoms with Crippen molar-refractivity contribution in [1.29, 1.82) is 0 Å². The number of hydrogen-bond donors (Lipinski definition) is 6. The van der Waals surface area contributed by atoms with Gasteiger partial charge in [-0.25, -0.2) is 0 Å². The van der Waals surface area contributed by atoms with Gasteiger partial charge in [0.2, 0.25) is 0 Å². The molecule has 0 heterocycles. The van der Waals surface area contributed by atoms with Crippen molar-refractivity contribution in [3.05, 3.63) is 0 Å². The lowest BCUT2D eigenvalue weighted by atomic mass is 10.4. The number of carbonyl (C=O) groups is 4. The van der Waals surface area contributed by atoms with E-state index in [0.717, 1.165) is 9.80 Å². The van der Waals surface area contributed by atoms with Gasteiger partial charge >= 0.3 is 23.9 Å². The van der Waals surface area contributed by atoms with Crippen molar-refractivity contribution in [1.82, 2.24) is 22.1 Å². The number of rotatable bonds is 10. The standard InChI is InChI=1S/C9H14N2O8.2H3N/c12-6(13)1-10(2-7(14)15)5-11(3-8(16)17)4-9(18)19;;/h1-5H2,(H,12,13)(H,14,15)(H,16,17)(H,18,19);2*1H3. The van der Waals surface area contributed by atoms with E-state index in [1.807, 2.05) is 0 Å². The Hall–Kier alpha value is -2.28. The minimum Gasteiger partial charge on any atom is -0.480 e. The van der Waals surface area contributed by atoms with Crippen LogP contribution in [0.2, 0.25) is 0 Å². The summed E-state index contributed by atoms with van der Waals surface area (Å²) >= 11 is 0. The van der Waals surface area contributed by atoms with E-state index in [-0.39, 0.29) is 12.3 Å². The molecule has 12 nitrogen and oxygen atoms in total. The third-order valence-corrected chi connectivity index (χ3v) is 1.84. The topological polar surface area (TPSA) is 226 Å². The molecule has 0 atom stereocenters. The molecule has 0 aromatic rings. The molecule has 0 unspecified atom stereocenters. The summed E-state index contributed by atoms with van der Waals surface area (Å²) in [6.07, 6.45) is 0. The lowest BCUT2D eigenvalue weighted by molar-refractivity contribution is -0.144. The summed E-state index contributed by atoms with van der Waals surface area (Å²) in [5.41, 5.74) is 0. The molecule has 0 bridgehead atoms. The van der Waals surface area contributed by atoms with Crippen LogP contribution in [0, 0.1) is 0 Å². The normalized spacial score (nSPS) is 9.62. The third-order valence-electron chi connectivity index (χ3n) is 1.84. The highest BCUT2D eigenvalue weighted by molar-refractivity contribution is 5.73. The average molecular weight is 312 g/mol. The lowest BCUT2D eigenvalue weighted by Crippen LogP contribution is -2.46. The van der Waals surface area contributed by atoms with Gasteiger partial charge < -0.3 is 32.7 Å². The molecule has 0 amide bonds. The number of aliphatic carboxylic acids is 4. The van der Waals surface area contributed by atoms with Gasteiger partial charge in [0, 0.05) is 0 Å². The van der Waals surface area contributed by atoms with Crippen LogP contribution in [0.5, 0.6) is 0 Å². The van der Waals surface area contributed by atoms with Crippen molar-refractivity contribution in [2.24, 2.45) is 0 Å². The second-order valence-corrected chi connectivity index (χ2v) is 3.69. The molecule has 0 radical (unpaired) electrons. The van der Waals surface area contributed by atoms with Gasteiger partial charge in [0.25, 0.3) is 0 Å². The molecule has 0 aliphatic heterocycles. The summed E-state index contributed by atoms with van der Waals surface area (Å²) in [6.45, 7) is -2.94. The summed E-state index contributed by atoms with van der Waals surface area (Å²) in [7, 11) is 0.